The molecule has 0 atom stereocenters. The average Bonchev–Trinajstić information content (AvgIpc) is 3.05. The molecule has 16 heavy (non-hydrogen) atoms. The topological polar surface area (TPSA) is 57.9 Å². The van der Waals surface area contributed by atoms with Gasteiger partial charge in [0.2, 0.25) is 0 Å². The van der Waals surface area contributed by atoms with Gasteiger partial charge in [0.25, 0.3) is 5.56 Å². The van der Waals surface area contributed by atoms with Crippen molar-refractivity contribution in [2.75, 3.05) is 18.0 Å². The molecule has 0 aliphatic carbocycles. The van der Waals surface area contributed by atoms with Crippen LogP contribution in [0.4, 0.5) is 5.69 Å². The predicted octanol–water partition coefficient (Wildman–Crippen LogP) is 0.547. The van der Waals surface area contributed by atoms with Crippen LogP contribution in [-0.2, 0) is 6.54 Å². The molecule has 88 valence electrons. The van der Waals surface area contributed by atoms with E-state index < -0.39 is 0 Å². The molecule has 1 saturated heterocycles. The van der Waals surface area contributed by atoms with Crippen molar-refractivity contribution >= 4 is 5.69 Å². The number of hydrogen-bond acceptors (Lipinski definition) is 3. The molecular weight excluding hydrogens is 206 g/mol. The highest BCUT2D eigenvalue weighted by Gasteiger charge is 2.21. The normalized spacial score (nSPS) is 14.2. The second-order valence-corrected chi connectivity index (χ2v) is 4.16. The first-order valence-electron chi connectivity index (χ1n) is 5.81. The number of anilines is 1. The number of rotatable bonds is 5. The van der Waals surface area contributed by atoms with Crippen molar-refractivity contribution in [3.63, 3.8) is 0 Å². The smallest absolute Gasteiger partial charge is 0.328 e. The monoisotopic (exact) mass is 223 g/mol. The van der Waals surface area contributed by atoms with Crippen LogP contribution >= 0.6 is 0 Å². The third-order valence-electron chi connectivity index (χ3n) is 2.78. The standard InChI is InChI=1S/C11H17N3O2/c1-2-3-4-5-14-8-9(13-6-7-13)10(15)12-11(14)16/h8H,2-7H2,1H3,(H,12,15,16). The van der Waals surface area contributed by atoms with Crippen LogP contribution in [0.1, 0.15) is 26.2 Å². The number of aromatic amines is 1. The van der Waals surface area contributed by atoms with Crippen LogP contribution < -0.4 is 16.1 Å². The van der Waals surface area contributed by atoms with Gasteiger partial charge in [-0.25, -0.2) is 4.79 Å². The molecule has 1 aliphatic heterocycles. The number of aromatic nitrogens is 2. The molecule has 1 N–H and O–H groups in total. The van der Waals surface area contributed by atoms with Crippen LogP contribution in [0.2, 0.25) is 0 Å². The van der Waals surface area contributed by atoms with E-state index in [1.807, 2.05) is 4.90 Å². The molecule has 1 aliphatic rings. The fraction of sp³-hybridized carbons (Fsp3) is 0.636. The van der Waals surface area contributed by atoms with E-state index in [0.717, 1.165) is 32.4 Å². The minimum atomic E-state index is -0.299. The summed E-state index contributed by atoms with van der Waals surface area (Å²) in [7, 11) is 0. The average molecular weight is 223 g/mol. The molecule has 0 spiro atoms. The first-order valence-corrected chi connectivity index (χ1v) is 5.81. The van der Waals surface area contributed by atoms with Gasteiger partial charge in [-0.05, 0) is 6.42 Å². The van der Waals surface area contributed by atoms with E-state index in [2.05, 4.69) is 11.9 Å². The number of hydrogen-bond donors (Lipinski definition) is 1. The van der Waals surface area contributed by atoms with Gasteiger partial charge in [-0.1, -0.05) is 19.8 Å². The number of aryl methyl sites for hydroxylation is 1. The molecule has 0 aromatic carbocycles. The zero-order chi connectivity index (χ0) is 11.5. The summed E-state index contributed by atoms with van der Waals surface area (Å²) in [5.74, 6) is 0. The first kappa shape index (κ1) is 11.0. The van der Waals surface area contributed by atoms with E-state index in [1.54, 1.807) is 10.8 Å². The second-order valence-electron chi connectivity index (χ2n) is 4.16. The van der Waals surface area contributed by atoms with Gasteiger partial charge in [-0.15, -0.1) is 0 Å². The summed E-state index contributed by atoms with van der Waals surface area (Å²) in [5, 5.41) is 0. The summed E-state index contributed by atoms with van der Waals surface area (Å²) in [6.07, 6.45) is 4.88. The Morgan fingerprint density at radius 1 is 1.31 bits per heavy atom. The molecular formula is C11H17N3O2. The van der Waals surface area contributed by atoms with Gasteiger partial charge in [-0.2, -0.15) is 0 Å². The lowest BCUT2D eigenvalue weighted by Gasteiger charge is -2.07. The SMILES string of the molecule is CCCCCn1cc(N2CC2)c(=O)[nH]c1=O. The first-order chi connectivity index (χ1) is 7.72. The Balaban J connectivity index is 2.20. The molecule has 5 nitrogen and oxygen atoms in total. The summed E-state index contributed by atoms with van der Waals surface area (Å²) >= 11 is 0. The molecule has 1 aromatic rings. The zero-order valence-electron chi connectivity index (χ0n) is 9.53. The largest absolute Gasteiger partial charge is 0.362 e. The van der Waals surface area contributed by atoms with Crippen LogP contribution in [-0.4, -0.2) is 22.6 Å². The Kier molecular flexibility index (Phi) is 3.12. The number of unbranched alkanes of at least 4 members (excludes halogenated alkanes) is 2. The van der Waals surface area contributed by atoms with Gasteiger partial charge < -0.3 is 4.90 Å². The molecule has 0 radical (unpaired) electrons. The van der Waals surface area contributed by atoms with E-state index >= 15 is 0 Å². The summed E-state index contributed by atoms with van der Waals surface area (Å²) in [4.78, 5) is 27.3. The third-order valence-corrected chi connectivity index (χ3v) is 2.78. The molecule has 0 amide bonds. The molecule has 0 saturated carbocycles. The molecule has 1 fully saturated rings. The van der Waals surface area contributed by atoms with E-state index in [1.165, 1.54) is 0 Å². The molecule has 0 unspecified atom stereocenters. The Hall–Kier alpha value is -1.52. The van der Waals surface area contributed by atoms with E-state index in [0.29, 0.717) is 12.2 Å². The Morgan fingerprint density at radius 3 is 2.69 bits per heavy atom. The lowest BCUT2D eigenvalue weighted by atomic mass is 10.2. The van der Waals surface area contributed by atoms with Crippen molar-refractivity contribution in [3.8, 4) is 0 Å². The van der Waals surface area contributed by atoms with Gasteiger partial charge >= 0.3 is 5.69 Å². The Labute approximate surface area is 93.7 Å². The summed E-state index contributed by atoms with van der Waals surface area (Å²) in [6.45, 7) is 4.63. The fourth-order valence-electron chi connectivity index (χ4n) is 1.71. The molecule has 5 heteroatoms. The highest BCUT2D eigenvalue weighted by atomic mass is 16.2. The summed E-state index contributed by atoms with van der Waals surface area (Å²) in [5.41, 5.74) is 0.0528. The number of nitrogens with zero attached hydrogens (tertiary/aromatic N) is 2. The van der Waals surface area contributed by atoms with E-state index in [4.69, 9.17) is 0 Å². The van der Waals surface area contributed by atoms with Crippen LogP contribution in [0, 0.1) is 0 Å². The zero-order valence-corrected chi connectivity index (χ0v) is 9.53. The van der Waals surface area contributed by atoms with Gasteiger partial charge in [0.05, 0.1) is 0 Å². The number of nitrogens with one attached hydrogen (secondary N) is 1. The van der Waals surface area contributed by atoms with Crippen molar-refractivity contribution in [1.29, 1.82) is 0 Å². The van der Waals surface area contributed by atoms with Gasteiger partial charge in [-0.3, -0.25) is 14.3 Å². The highest BCUT2D eigenvalue weighted by molar-refractivity contribution is 5.47. The third kappa shape index (κ3) is 2.35. The quantitative estimate of drug-likeness (QED) is 0.585. The van der Waals surface area contributed by atoms with Crippen molar-refractivity contribution in [1.82, 2.24) is 9.55 Å². The van der Waals surface area contributed by atoms with Crippen LogP contribution in [0.3, 0.4) is 0 Å². The molecule has 2 heterocycles. The molecule has 2 rings (SSSR count). The maximum atomic E-state index is 11.5. The van der Waals surface area contributed by atoms with Gasteiger partial charge in [0, 0.05) is 25.8 Å². The van der Waals surface area contributed by atoms with Crippen molar-refractivity contribution in [2.45, 2.75) is 32.7 Å². The van der Waals surface area contributed by atoms with E-state index in [9.17, 15) is 9.59 Å². The minimum Gasteiger partial charge on any atom is -0.362 e. The maximum absolute atomic E-state index is 11.5. The van der Waals surface area contributed by atoms with Crippen LogP contribution in [0.15, 0.2) is 15.8 Å². The minimum absolute atomic E-state index is 0.269. The molecule has 1 aromatic heterocycles. The Morgan fingerprint density at radius 2 is 2.06 bits per heavy atom. The lowest BCUT2D eigenvalue weighted by Crippen LogP contribution is -2.31. The van der Waals surface area contributed by atoms with E-state index in [-0.39, 0.29) is 11.2 Å². The van der Waals surface area contributed by atoms with Crippen molar-refractivity contribution < 1.29 is 0 Å². The van der Waals surface area contributed by atoms with Crippen LogP contribution in [0.25, 0.3) is 0 Å². The maximum Gasteiger partial charge on any atom is 0.328 e. The van der Waals surface area contributed by atoms with Crippen molar-refractivity contribution in [3.05, 3.63) is 27.0 Å². The molecule has 0 bridgehead atoms. The highest BCUT2D eigenvalue weighted by Crippen LogP contribution is 2.14. The number of H-pyrrole nitrogens is 1. The lowest BCUT2D eigenvalue weighted by molar-refractivity contribution is 0.575. The Bertz CT molecular complexity index is 471. The summed E-state index contributed by atoms with van der Waals surface area (Å²) in [6, 6.07) is 0. The second kappa shape index (κ2) is 4.55. The van der Waals surface area contributed by atoms with Gasteiger partial charge in [0.1, 0.15) is 5.69 Å². The fourth-order valence-corrected chi connectivity index (χ4v) is 1.71. The van der Waals surface area contributed by atoms with Crippen LogP contribution in [0.5, 0.6) is 0 Å². The van der Waals surface area contributed by atoms with Crippen molar-refractivity contribution in [2.24, 2.45) is 0 Å². The van der Waals surface area contributed by atoms with Gasteiger partial charge in [0.15, 0.2) is 0 Å². The summed E-state index contributed by atoms with van der Waals surface area (Å²) < 4.78 is 1.60. The predicted molar refractivity (Wildman–Crippen MR) is 63.1 cm³/mol.